The van der Waals surface area contributed by atoms with Gasteiger partial charge in [-0.15, -0.1) is 0 Å². The fourth-order valence-corrected chi connectivity index (χ4v) is 1.88. The van der Waals surface area contributed by atoms with Gasteiger partial charge >= 0.3 is 0 Å². The minimum Gasteiger partial charge on any atom is -0.396 e. The standard InChI is InChI=1S/C14H14ClNO/c15-12-6-7-14(11(10-12)8-9-17)16-13-4-2-1-3-5-13/h1-7,10,16-17H,8-9H2. The first kappa shape index (κ1) is 12.0. The Morgan fingerprint density at radius 1 is 1.06 bits per heavy atom. The Kier molecular flexibility index (Phi) is 4.02. The number of benzene rings is 2. The van der Waals surface area contributed by atoms with Gasteiger partial charge in [-0.3, -0.25) is 0 Å². The number of anilines is 2. The first-order chi connectivity index (χ1) is 8.29. The molecule has 0 radical (unpaired) electrons. The Morgan fingerprint density at radius 2 is 1.82 bits per heavy atom. The van der Waals surface area contributed by atoms with E-state index in [9.17, 15) is 0 Å². The summed E-state index contributed by atoms with van der Waals surface area (Å²) in [6, 6.07) is 15.6. The topological polar surface area (TPSA) is 32.3 Å². The summed E-state index contributed by atoms with van der Waals surface area (Å²) in [5, 5.41) is 13.0. The molecule has 2 rings (SSSR count). The van der Waals surface area contributed by atoms with Crippen LogP contribution in [-0.2, 0) is 6.42 Å². The first-order valence-corrected chi connectivity index (χ1v) is 5.89. The van der Waals surface area contributed by atoms with Crippen molar-refractivity contribution >= 4 is 23.0 Å². The maximum absolute atomic E-state index is 9.03. The zero-order valence-corrected chi connectivity index (χ0v) is 10.1. The van der Waals surface area contributed by atoms with E-state index in [1.165, 1.54) is 0 Å². The Hall–Kier alpha value is -1.51. The highest BCUT2D eigenvalue weighted by atomic mass is 35.5. The molecule has 0 aliphatic rings. The Bertz CT molecular complexity index is 485. The van der Waals surface area contributed by atoms with Crippen LogP contribution in [-0.4, -0.2) is 11.7 Å². The highest BCUT2D eigenvalue weighted by molar-refractivity contribution is 6.30. The number of aliphatic hydroxyl groups is 1. The first-order valence-electron chi connectivity index (χ1n) is 5.51. The molecule has 17 heavy (non-hydrogen) atoms. The summed E-state index contributed by atoms with van der Waals surface area (Å²) in [6.07, 6.45) is 0.593. The second-order valence-electron chi connectivity index (χ2n) is 3.77. The minimum absolute atomic E-state index is 0.115. The van der Waals surface area contributed by atoms with Crippen molar-refractivity contribution in [3.8, 4) is 0 Å². The largest absolute Gasteiger partial charge is 0.396 e. The van der Waals surface area contributed by atoms with E-state index < -0.39 is 0 Å². The summed E-state index contributed by atoms with van der Waals surface area (Å²) in [5.41, 5.74) is 3.02. The van der Waals surface area contributed by atoms with Crippen molar-refractivity contribution in [1.82, 2.24) is 0 Å². The molecule has 2 nitrogen and oxygen atoms in total. The quantitative estimate of drug-likeness (QED) is 0.865. The fourth-order valence-electron chi connectivity index (χ4n) is 1.69. The molecule has 0 aliphatic carbocycles. The highest BCUT2D eigenvalue weighted by Gasteiger charge is 2.03. The molecule has 88 valence electrons. The van der Waals surface area contributed by atoms with Crippen LogP contribution in [0.25, 0.3) is 0 Å². The summed E-state index contributed by atoms with van der Waals surface area (Å²) in [7, 11) is 0. The van der Waals surface area contributed by atoms with E-state index >= 15 is 0 Å². The molecule has 0 bridgehead atoms. The van der Waals surface area contributed by atoms with Crippen LogP contribution >= 0.6 is 11.6 Å². The summed E-state index contributed by atoms with van der Waals surface area (Å²) < 4.78 is 0. The zero-order valence-electron chi connectivity index (χ0n) is 9.36. The van der Waals surface area contributed by atoms with Crippen molar-refractivity contribution in [2.75, 3.05) is 11.9 Å². The van der Waals surface area contributed by atoms with Crippen LogP contribution < -0.4 is 5.32 Å². The van der Waals surface area contributed by atoms with Gasteiger partial charge in [-0.25, -0.2) is 0 Å². The average Bonchev–Trinajstić information content (AvgIpc) is 2.34. The maximum Gasteiger partial charge on any atom is 0.0472 e. The molecule has 0 aliphatic heterocycles. The van der Waals surface area contributed by atoms with Crippen molar-refractivity contribution in [2.45, 2.75) is 6.42 Å². The Balaban J connectivity index is 2.26. The van der Waals surface area contributed by atoms with Gasteiger partial charge in [0.2, 0.25) is 0 Å². The van der Waals surface area contributed by atoms with Gasteiger partial charge in [0.1, 0.15) is 0 Å². The van der Waals surface area contributed by atoms with Gasteiger partial charge in [0.15, 0.2) is 0 Å². The van der Waals surface area contributed by atoms with Crippen LogP contribution in [0.15, 0.2) is 48.5 Å². The second kappa shape index (κ2) is 5.71. The monoisotopic (exact) mass is 247 g/mol. The molecule has 2 N–H and O–H groups in total. The third kappa shape index (κ3) is 3.22. The van der Waals surface area contributed by atoms with E-state index in [1.807, 2.05) is 48.5 Å². The SMILES string of the molecule is OCCc1cc(Cl)ccc1Nc1ccccc1. The molecule has 2 aromatic carbocycles. The lowest BCUT2D eigenvalue weighted by molar-refractivity contribution is 0.300. The molecule has 0 spiro atoms. The lowest BCUT2D eigenvalue weighted by Crippen LogP contribution is -1.98. The van der Waals surface area contributed by atoms with Gasteiger partial charge in [0, 0.05) is 23.0 Å². The van der Waals surface area contributed by atoms with Crippen LogP contribution in [0.5, 0.6) is 0 Å². The number of rotatable bonds is 4. The van der Waals surface area contributed by atoms with E-state index in [0.29, 0.717) is 11.4 Å². The molecule has 0 atom stereocenters. The number of hydrogen-bond donors (Lipinski definition) is 2. The predicted octanol–water partition coefficient (Wildman–Crippen LogP) is 3.62. The molecule has 0 aromatic heterocycles. The van der Waals surface area contributed by atoms with Gasteiger partial charge in [0.25, 0.3) is 0 Å². The van der Waals surface area contributed by atoms with E-state index in [0.717, 1.165) is 16.9 Å². The molecular formula is C14H14ClNO. The number of nitrogens with one attached hydrogen (secondary N) is 1. The summed E-state index contributed by atoms with van der Waals surface area (Å²) in [5.74, 6) is 0. The molecule has 0 saturated carbocycles. The molecule has 3 heteroatoms. The summed E-state index contributed by atoms with van der Waals surface area (Å²) in [6.45, 7) is 0.115. The van der Waals surface area contributed by atoms with Crippen LogP contribution in [0, 0.1) is 0 Å². The van der Waals surface area contributed by atoms with Gasteiger partial charge in [0.05, 0.1) is 0 Å². The van der Waals surface area contributed by atoms with E-state index in [4.69, 9.17) is 16.7 Å². The van der Waals surface area contributed by atoms with E-state index in [1.54, 1.807) is 0 Å². The lowest BCUT2D eigenvalue weighted by atomic mass is 10.1. The molecule has 0 fully saturated rings. The maximum atomic E-state index is 9.03. The van der Waals surface area contributed by atoms with E-state index in [2.05, 4.69) is 5.32 Å². The fraction of sp³-hybridized carbons (Fsp3) is 0.143. The Morgan fingerprint density at radius 3 is 2.53 bits per heavy atom. The molecule has 0 saturated heterocycles. The van der Waals surface area contributed by atoms with Crippen LogP contribution in [0.4, 0.5) is 11.4 Å². The van der Waals surface area contributed by atoms with Crippen molar-refractivity contribution in [1.29, 1.82) is 0 Å². The normalized spacial score (nSPS) is 10.2. The van der Waals surface area contributed by atoms with Gasteiger partial charge in [-0.05, 0) is 42.3 Å². The van der Waals surface area contributed by atoms with Crippen LogP contribution in [0.1, 0.15) is 5.56 Å². The molecule has 0 amide bonds. The van der Waals surface area contributed by atoms with Crippen molar-refractivity contribution in [3.63, 3.8) is 0 Å². The Labute approximate surface area is 106 Å². The second-order valence-corrected chi connectivity index (χ2v) is 4.20. The molecule has 0 unspecified atom stereocenters. The predicted molar refractivity (Wildman–Crippen MR) is 72.0 cm³/mol. The number of hydrogen-bond acceptors (Lipinski definition) is 2. The van der Waals surface area contributed by atoms with Crippen molar-refractivity contribution in [3.05, 3.63) is 59.1 Å². The summed E-state index contributed by atoms with van der Waals surface area (Å²) >= 11 is 5.95. The van der Waals surface area contributed by atoms with Crippen molar-refractivity contribution < 1.29 is 5.11 Å². The van der Waals surface area contributed by atoms with Crippen LogP contribution in [0.3, 0.4) is 0 Å². The lowest BCUT2D eigenvalue weighted by Gasteiger charge is -2.11. The molecule has 0 heterocycles. The van der Waals surface area contributed by atoms with Crippen LogP contribution in [0.2, 0.25) is 5.02 Å². The number of halogens is 1. The third-order valence-electron chi connectivity index (χ3n) is 2.50. The third-order valence-corrected chi connectivity index (χ3v) is 2.74. The molecule has 2 aromatic rings. The van der Waals surface area contributed by atoms with Gasteiger partial charge in [-0.1, -0.05) is 29.8 Å². The average molecular weight is 248 g/mol. The highest BCUT2D eigenvalue weighted by Crippen LogP contribution is 2.24. The molecular weight excluding hydrogens is 234 g/mol. The van der Waals surface area contributed by atoms with E-state index in [-0.39, 0.29) is 6.61 Å². The number of para-hydroxylation sites is 1. The van der Waals surface area contributed by atoms with Gasteiger partial charge < -0.3 is 10.4 Å². The minimum atomic E-state index is 0.115. The van der Waals surface area contributed by atoms with Crippen molar-refractivity contribution in [2.24, 2.45) is 0 Å². The summed E-state index contributed by atoms with van der Waals surface area (Å²) in [4.78, 5) is 0. The number of aliphatic hydroxyl groups excluding tert-OH is 1. The zero-order chi connectivity index (χ0) is 12.1. The van der Waals surface area contributed by atoms with Gasteiger partial charge in [-0.2, -0.15) is 0 Å². The smallest absolute Gasteiger partial charge is 0.0472 e.